The first-order chi connectivity index (χ1) is 9.20. The summed E-state index contributed by atoms with van der Waals surface area (Å²) in [6.45, 7) is 4.47. The standard InChI is InChI=1S/C15H19FN2O/c1-3-17-10-12-8-9-19-15(12)11-18(2)14-6-4-13(16)5-7-14/h4-9,17H,3,10-11H2,1-2H3. The maximum absolute atomic E-state index is 12.9. The van der Waals surface area contributed by atoms with Gasteiger partial charge in [0.15, 0.2) is 0 Å². The second-order valence-corrected chi connectivity index (χ2v) is 4.48. The Morgan fingerprint density at radius 1 is 1.21 bits per heavy atom. The SMILES string of the molecule is CCNCc1ccoc1CN(C)c1ccc(F)cc1. The molecule has 0 aliphatic rings. The first kappa shape index (κ1) is 13.6. The molecular formula is C15H19FN2O. The van der Waals surface area contributed by atoms with E-state index in [1.165, 1.54) is 12.1 Å². The normalized spacial score (nSPS) is 10.7. The van der Waals surface area contributed by atoms with E-state index in [0.717, 1.165) is 30.1 Å². The summed E-state index contributed by atoms with van der Waals surface area (Å²) in [4.78, 5) is 2.04. The van der Waals surface area contributed by atoms with Crippen molar-refractivity contribution < 1.29 is 8.81 Å². The van der Waals surface area contributed by atoms with Crippen LogP contribution in [0.1, 0.15) is 18.2 Å². The van der Waals surface area contributed by atoms with Gasteiger partial charge in [-0.15, -0.1) is 0 Å². The van der Waals surface area contributed by atoms with Crippen molar-refractivity contribution in [3.8, 4) is 0 Å². The van der Waals surface area contributed by atoms with E-state index in [4.69, 9.17) is 4.42 Å². The molecule has 3 nitrogen and oxygen atoms in total. The molecule has 1 N–H and O–H groups in total. The summed E-state index contributed by atoms with van der Waals surface area (Å²) in [5.74, 6) is 0.718. The molecule has 19 heavy (non-hydrogen) atoms. The summed E-state index contributed by atoms with van der Waals surface area (Å²) in [5.41, 5.74) is 2.13. The van der Waals surface area contributed by atoms with Crippen molar-refractivity contribution in [2.24, 2.45) is 0 Å². The molecule has 1 heterocycles. The quantitative estimate of drug-likeness (QED) is 0.866. The highest BCUT2D eigenvalue weighted by molar-refractivity contribution is 5.45. The Bertz CT molecular complexity index is 507. The van der Waals surface area contributed by atoms with Gasteiger partial charge in [-0.3, -0.25) is 0 Å². The van der Waals surface area contributed by atoms with Gasteiger partial charge in [0.1, 0.15) is 11.6 Å². The molecule has 1 aromatic heterocycles. The maximum Gasteiger partial charge on any atom is 0.127 e. The lowest BCUT2D eigenvalue weighted by atomic mass is 10.2. The van der Waals surface area contributed by atoms with Crippen molar-refractivity contribution in [2.75, 3.05) is 18.5 Å². The Kier molecular flexibility index (Phi) is 4.58. The Labute approximate surface area is 113 Å². The summed E-state index contributed by atoms with van der Waals surface area (Å²) in [5, 5.41) is 3.28. The van der Waals surface area contributed by atoms with Crippen LogP contribution in [-0.4, -0.2) is 13.6 Å². The van der Waals surface area contributed by atoms with Crippen LogP contribution in [0, 0.1) is 5.82 Å². The molecule has 0 radical (unpaired) electrons. The van der Waals surface area contributed by atoms with Crippen molar-refractivity contribution >= 4 is 5.69 Å². The zero-order valence-corrected chi connectivity index (χ0v) is 11.3. The number of hydrogen-bond acceptors (Lipinski definition) is 3. The molecule has 0 saturated heterocycles. The highest BCUT2D eigenvalue weighted by atomic mass is 19.1. The van der Waals surface area contributed by atoms with Crippen molar-refractivity contribution in [3.05, 3.63) is 53.7 Å². The lowest BCUT2D eigenvalue weighted by molar-refractivity contribution is 0.500. The van der Waals surface area contributed by atoms with Gasteiger partial charge < -0.3 is 14.6 Å². The first-order valence-electron chi connectivity index (χ1n) is 6.43. The molecule has 0 fully saturated rings. The highest BCUT2D eigenvalue weighted by Crippen LogP contribution is 2.18. The van der Waals surface area contributed by atoms with E-state index in [1.54, 1.807) is 18.4 Å². The number of rotatable bonds is 6. The Balaban J connectivity index is 2.04. The third-order valence-electron chi connectivity index (χ3n) is 3.05. The van der Waals surface area contributed by atoms with E-state index in [-0.39, 0.29) is 5.82 Å². The van der Waals surface area contributed by atoms with Crippen molar-refractivity contribution in [1.29, 1.82) is 0 Å². The molecule has 0 aliphatic carbocycles. The average Bonchev–Trinajstić information content (AvgIpc) is 2.84. The third-order valence-corrected chi connectivity index (χ3v) is 3.05. The zero-order valence-electron chi connectivity index (χ0n) is 11.3. The number of halogens is 1. The fourth-order valence-corrected chi connectivity index (χ4v) is 1.93. The van der Waals surface area contributed by atoms with E-state index in [2.05, 4.69) is 12.2 Å². The van der Waals surface area contributed by atoms with E-state index >= 15 is 0 Å². The van der Waals surface area contributed by atoms with Gasteiger partial charge >= 0.3 is 0 Å². The van der Waals surface area contributed by atoms with Crippen molar-refractivity contribution in [1.82, 2.24) is 5.32 Å². The third kappa shape index (κ3) is 3.58. The minimum absolute atomic E-state index is 0.219. The Hall–Kier alpha value is -1.81. The van der Waals surface area contributed by atoms with Crippen LogP contribution in [0.4, 0.5) is 10.1 Å². The van der Waals surface area contributed by atoms with E-state index < -0.39 is 0 Å². The van der Waals surface area contributed by atoms with Crippen molar-refractivity contribution in [2.45, 2.75) is 20.0 Å². The van der Waals surface area contributed by atoms with Gasteiger partial charge in [-0.1, -0.05) is 6.92 Å². The molecular weight excluding hydrogens is 243 g/mol. The van der Waals surface area contributed by atoms with Crippen LogP contribution in [0.25, 0.3) is 0 Å². The zero-order chi connectivity index (χ0) is 13.7. The largest absolute Gasteiger partial charge is 0.467 e. The van der Waals surface area contributed by atoms with Gasteiger partial charge in [0.05, 0.1) is 12.8 Å². The number of hydrogen-bond donors (Lipinski definition) is 1. The first-order valence-corrected chi connectivity index (χ1v) is 6.43. The molecule has 0 unspecified atom stereocenters. The van der Waals surface area contributed by atoms with Crippen LogP contribution >= 0.6 is 0 Å². The van der Waals surface area contributed by atoms with Crippen molar-refractivity contribution in [3.63, 3.8) is 0 Å². The Morgan fingerprint density at radius 3 is 2.63 bits per heavy atom. The molecule has 102 valence electrons. The minimum atomic E-state index is -0.219. The highest BCUT2D eigenvalue weighted by Gasteiger charge is 2.09. The van der Waals surface area contributed by atoms with Crippen LogP contribution < -0.4 is 10.2 Å². The summed E-state index contributed by atoms with van der Waals surface area (Å²) in [7, 11) is 1.97. The summed E-state index contributed by atoms with van der Waals surface area (Å²) in [6, 6.07) is 8.45. The summed E-state index contributed by atoms with van der Waals surface area (Å²) >= 11 is 0. The van der Waals surface area contributed by atoms with Gasteiger partial charge in [0.25, 0.3) is 0 Å². The van der Waals surface area contributed by atoms with Gasteiger partial charge in [-0.05, 0) is 36.9 Å². The molecule has 0 bridgehead atoms. The fraction of sp³-hybridized carbons (Fsp3) is 0.333. The number of nitrogens with one attached hydrogen (secondary N) is 1. The Morgan fingerprint density at radius 2 is 1.95 bits per heavy atom. The fourth-order valence-electron chi connectivity index (χ4n) is 1.93. The van der Waals surface area contributed by atoms with Gasteiger partial charge in [-0.25, -0.2) is 4.39 Å². The monoisotopic (exact) mass is 262 g/mol. The number of furan rings is 1. The number of anilines is 1. The van der Waals surface area contributed by atoms with Crippen LogP contribution in [0.5, 0.6) is 0 Å². The average molecular weight is 262 g/mol. The van der Waals surface area contributed by atoms with Gasteiger partial charge in [0, 0.05) is 24.8 Å². The van der Waals surface area contributed by atoms with Gasteiger partial charge in [0.2, 0.25) is 0 Å². The smallest absolute Gasteiger partial charge is 0.127 e. The van der Waals surface area contributed by atoms with E-state index in [0.29, 0.717) is 6.54 Å². The lowest BCUT2D eigenvalue weighted by Crippen LogP contribution is -2.18. The predicted octanol–water partition coefficient (Wildman–Crippen LogP) is 3.16. The molecule has 0 saturated carbocycles. The molecule has 4 heteroatoms. The minimum Gasteiger partial charge on any atom is -0.467 e. The van der Waals surface area contributed by atoms with Crippen LogP contribution in [0.15, 0.2) is 41.0 Å². The molecule has 0 aliphatic heterocycles. The molecule has 0 amide bonds. The summed E-state index contributed by atoms with van der Waals surface area (Å²) in [6.07, 6.45) is 1.71. The number of benzene rings is 1. The predicted molar refractivity (Wildman–Crippen MR) is 74.6 cm³/mol. The molecule has 2 aromatic rings. The maximum atomic E-state index is 12.9. The second-order valence-electron chi connectivity index (χ2n) is 4.48. The molecule has 0 spiro atoms. The van der Waals surface area contributed by atoms with E-state index in [1.807, 2.05) is 18.0 Å². The molecule has 1 aromatic carbocycles. The molecule has 0 atom stereocenters. The molecule has 2 rings (SSSR count). The summed E-state index contributed by atoms with van der Waals surface area (Å²) < 4.78 is 18.4. The topological polar surface area (TPSA) is 28.4 Å². The van der Waals surface area contributed by atoms with Gasteiger partial charge in [-0.2, -0.15) is 0 Å². The second kappa shape index (κ2) is 6.38. The van der Waals surface area contributed by atoms with E-state index in [9.17, 15) is 4.39 Å². The number of nitrogens with zero attached hydrogens (tertiary/aromatic N) is 1. The lowest BCUT2D eigenvalue weighted by Gasteiger charge is -2.18. The van der Waals surface area contributed by atoms with Crippen LogP contribution in [0.3, 0.4) is 0 Å². The van der Waals surface area contributed by atoms with Crippen LogP contribution in [-0.2, 0) is 13.1 Å². The van der Waals surface area contributed by atoms with Crippen LogP contribution in [0.2, 0.25) is 0 Å².